The van der Waals surface area contributed by atoms with Gasteiger partial charge in [0.25, 0.3) is 0 Å². The van der Waals surface area contributed by atoms with Crippen molar-refractivity contribution in [2.75, 3.05) is 5.01 Å². The maximum atomic E-state index is 11.1. The van der Waals surface area contributed by atoms with E-state index in [0.717, 1.165) is 20.6 Å². The van der Waals surface area contributed by atoms with E-state index in [1.807, 2.05) is 18.2 Å². The SMILES string of the molecule is O=CC1=NN(c2ccc(Cl)cc2Cl)C(c2ccc(Br)s2)C1. The fourth-order valence-corrected chi connectivity index (χ4v) is 4.23. The summed E-state index contributed by atoms with van der Waals surface area (Å²) < 4.78 is 1.04. The molecule has 2 aromatic rings. The van der Waals surface area contributed by atoms with Gasteiger partial charge < -0.3 is 0 Å². The molecule has 0 saturated carbocycles. The van der Waals surface area contributed by atoms with Gasteiger partial charge in [-0.3, -0.25) is 9.80 Å². The molecule has 0 radical (unpaired) electrons. The van der Waals surface area contributed by atoms with Gasteiger partial charge in [-0.15, -0.1) is 11.3 Å². The Morgan fingerprint density at radius 3 is 2.76 bits per heavy atom. The second-order valence-electron chi connectivity index (χ2n) is 4.51. The number of hydrogen-bond acceptors (Lipinski definition) is 4. The van der Waals surface area contributed by atoms with Gasteiger partial charge in [-0.05, 0) is 46.3 Å². The van der Waals surface area contributed by atoms with Crippen LogP contribution in [0.1, 0.15) is 17.3 Å². The van der Waals surface area contributed by atoms with Crippen molar-refractivity contribution in [3.8, 4) is 0 Å². The average Bonchev–Trinajstić information content (AvgIpc) is 3.04. The third-order valence-corrected chi connectivity index (χ3v) is 5.41. The molecule has 0 saturated heterocycles. The fraction of sp³-hybridized carbons (Fsp3) is 0.143. The molecule has 2 heterocycles. The zero-order valence-corrected chi connectivity index (χ0v) is 14.5. The number of hydrazone groups is 1. The van der Waals surface area contributed by atoms with Crippen molar-refractivity contribution in [2.45, 2.75) is 12.5 Å². The highest BCUT2D eigenvalue weighted by molar-refractivity contribution is 9.11. The van der Waals surface area contributed by atoms with Gasteiger partial charge in [-0.2, -0.15) is 5.10 Å². The van der Waals surface area contributed by atoms with Crippen molar-refractivity contribution in [3.63, 3.8) is 0 Å². The summed E-state index contributed by atoms with van der Waals surface area (Å²) in [7, 11) is 0. The van der Waals surface area contributed by atoms with Crippen LogP contribution >= 0.6 is 50.5 Å². The van der Waals surface area contributed by atoms with Crippen LogP contribution in [0.2, 0.25) is 10.0 Å². The van der Waals surface area contributed by atoms with Crippen LogP contribution < -0.4 is 5.01 Å². The summed E-state index contributed by atoms with van der Waals surface area (Å²) in [4.78, 5) is 12.2. The molecule has 1 unspecified atom stereocenters. The highest BCUT2D eigenvalue weighted by atomic mass is 79.9. The van der Waals surface area contributed by atoms with Crippen LogP contribution in [0.5, 0.6) is 0 Å². The number of anilines is 1. The minimum Gasteiger partial charge on any atom is -0.296 e. The summed E-state index contributed by atoms with van der Waals surface area (Å²) in [5.74, 6) is 0. The number of aldehydes is 1. The van der Waals surface area contributed by atoms with Gasteiger partial charge in [-0.25, -0.2) is 0 Å². The quantitative estimate of drug-likeness (QED) is 0.649. The number of carbonyl (C=O) groups excluding carboxylic acids is 1. The summed E-state index contributed by atoms with van der Waals surface area (Å²) in [5, 5.41) is 7.25. The van der Waals surface area contributed by atoms with Gasteiger partial charge in [0.1, 0.15) is 5.71 Å². The molecule has 1 aliphatic heterocycles. The Labute approximate surface area is 144 Å². The largest absolute Gasteiger partial charge is 0.296 e. The summed E-state index contributed by atoms with van der Waals surface area (Å²) in [6.45, 7) is 0. The van der Waals surface area contributed by atoms with E-state index in [4.69, 9.17) is 23.2 Å². The fourth-order valence-electron chi connectivity index (χ4n) is 2.22. The van der Waals surface area contributed by atoms with Crippen molar-refractivity contribution < 1.29 is 4.79 Å². The lowest BCUT2D eigenvalue weighted by molar-refractivity contribution is -0.102. The van der Waals surface area contributed by atoms with Gasteiger partial charge in [0.15, 0.2) is 6.29 Å². The third kappa shape index (κ3) is 3.01. The number of carbonyl (C=O) groups is 1. The van der Waals surface area contributed by atoms with Crippen LogP contribution in [0.25, 0.3) is 0 Å². The zero-order valence-electron chi connectivity index (χ0n) is 10.6. The van der Waals surface area contributed by atoms with Crippen LogP contribution in [0.15, 0.2) is 39.2 Å². The van der Waals surface area contributed by atoms with E-state index in [1.54, 1.807) is 28.5 Å². The average molecular weight is 404 g/mol. The monoisotopic (exact) mass is 402 g/mol. The second-order valence-corrected chi connectivity index (χ2v) is 7.85. The maximum Gasteiger partial charge on any atom is 0.166 e. The van der Waals surface area contributed by atoms with Crippen LogP contribution in [-0.2, 0) is 4.79 Å². The second kappa shape index (κ2) is 6.08. The van der Waals surface area contributed by atoms with Gasteiger partial charge in [-0.1, -0.05) is 23.2 Å². The Balaban J connectivity index is 2.03. The molecule has 7 heteroatoms. The van der Waals surface area contributed by atoms with E-state index in [2.05, 4.69) is 21.0 Å². The van der Waals surface area contributed by atoms with Crippen molar-refractivity contribution in [2.24, 2.45) is 5.10 Å². The summed E-state index contributed by atoms with van der Waals surface area (Å²) >= 11 is 17.3. The van der Waals surface area contributed by atoms with E-state index in [0.29, 0.717) is 22.2 Å². The predicted molar refractivity (Wildman–Crippen MR) is 91.8 cm³/mol. The minimum absolute atomic E-state index is 0.0276. The van der Waals surface area contributed by atoms with Gasteiger partial charge in [0, 0.05) is 16.3 Å². The summed E-state index contributed by atoms with van der Waals surface area (Å²) in [6.07, 6.45) is 1.36. The van der Waals surface area contributed by atoms with Crippen LogP contribution in [0, 0.1) is 0 Å². The van der Waals surface area contributed by atoms with E-state index >= 15 is 0 Å². The first-order chi connectivity index (χ1) is 10.1. The summed E-state index contributed by atoms with van der Waals surface area (Å²) in [5.41, 5.74) is 1.25. The molecule has 3 rings (SSSR count). The highest BCUT2D eigenvalue weighted by Crippen LogP contribution is 2.41. The van der Waals surface area contributed by atoms with E-state index in [9.17, 15) is 4.79 Å². The number of hydrogen-bond donors (Lipinski definition) is 0. The normalized spacial score (nSPS) is 18.0. The molecule has 0 spiro atoms. The molecule has 0 bridgehead atoms. The molecular formula is C14H9BrCl2N2OS. The van der Waals surface area contributed by atoms with Crippen LogP contribution in [-0.4, -0.2) is 12.0 Å². The Morgan fingerprint density at radius 1 is 1.33 bits per heavy atom. The lowest BCUT2D eigenvalue weighted by atomic mass is 10.1. The smallest absolute Gasteiger partial charge is 0.166 e. The standard InChI is InChI=1S/C14H9BrCl2N2OS/c15-14-4-3-13(21-14)12-6-9(7-20)18-19(12)11-2-1-8(16)5-10(11)17/h1-5,7,12H,6H2. The molecule has 1 aliphatic rings. The predicted octanol–water partition coefficient (Wildman–Crippen LogP) is 5.32. The van der Waals surface area contributed by atoms with Gasteiger partial charge >= 0.3 is 0 Å². The molecule has 1 aromatic heterocycles. The number of thiophene rings is 1. The number of rotatable bonds is 3. The molecular weight excluding hydrogens is 395 g/mol. The molecule has 0 fully saturated rings. The first-order valence-corrected chi connectivity index (χ1v) is 8.47. The van der Waals surface area contributed by atoms with Gasteiger partial charge in [0.2, 0.25) is 0 Å². The van der Waals surface area contributed by atoms with Gasteiger partial charge in [0.05, 0.1) is 20.5 Å². The first kappa shape index (κ1) is 15.0. The van der Waals surface area contributed by atoms with Crippen molar-refractivity contribution in [3.05, 3.63) is 49.0 Å². The van der Waals surface area contributed by atoms with E-state index in [-0.39, 0.29) is 6.04 Å². The topological polar surface area (TPSA) is 32.7 Å². The molecule has 0 amide bonds. The number of halogens is 3. The van der Waals surface area contributed by atoms with E-state index < -0.39 is 0 Å². The Kier molecular flexibility index (Phi) is 4.36. The van der Waals surface area contributed by atoms with Crippen molar-refractivity contribution in [1.29, 1.82) is 0 Å². The molecule has 108 valence electrons. The molecule has 3 nitrogen and oxygen atoms in total. The Morgan fingerprint density at radius 2 is 2.14 bits per heavy atom. The van der Waals surface area contributed by atoms with Crippen molar-refractivity contribution >= 4 is 68.2 Å². The van der Waals surface area contributed by atoms with Crippen LogP contribution in [0.4, 0.5) is 5.69 Å². The minimum atomic E-state index is -0.0276. The number of benzene rings is 1. The number of nitrogens with zero attached hydrogens (tertiary/aromatic N) is 2. The molecule has 1 atom stereocenters. The summed E-state index contributed by atoms with van der Waals surface area (Å²) in [6, 6.07) is 9.24. The highest BCUT2D eigenvalue weighted by Gasteiger charge is 2.31. The zero-order chi connectivity index (χ0) is 15.0. The van der Waals surface area contributed by atoms with Crippen LogP contribution in [0.3, 0.4) is 0 Å². The molecule has 0 N–H and O–H groups in total. The third-order valence-electron chi connectivity index (χ3n) is 3.15. The Bertz CT molecular complexity index is 732. The Hall–Kier alpha value is -0.880. The molecule has 21 heavy (non-hydrogen) atoms. The first-order valence-electron chi connectivity index (χ1n) is 6.10. The molecule has 0 aliphatic carbocycles. The lowest BCUT2D eigenvalue weighted by Gasteiger charge is -2.23. The van der Waals surface area contributed by atoms with Crippen molar-refractivity contribution in [1.82, 2.24) is 0 Å². The maximum absolute atomic E-state index is 11.1. The lowest BCUT2D eigenvalue weighted by Crippen LogP contribution is -2.17. The van der Waals surface area contributed by atoms with E-state index in [1.165, 1.54) is 0 Å². The molecule has 1 aromatic carbocycles.